The zero-order valence-corrected chi connectivity index (χ0v) is 12.9. The molecule has 1 atom stereocenters. The number of nitrogens with zero attached hydrogens (tertiary/aromatic N) is 2. The number of nitrogens with one attached hydrogen (secondary N) is 1. The van der Waals surface area contributed by atoms with Gasteiger partial charge in [0, 0.05) is 24.7 Å². The maximum Gasteiger partial charge on any atom is 0.149 e. The molecular weight excluding hydrogens is 280 g/mol. The summed E-state index contributed by atoms with van der Waals surface area (Å²) >= 11 is 2.97. The van der Waals surface area contributed by atoms with Crippen LogP contribution < -0.4 is 11.1 Å². The smallest absolute Gasteiger partial charge is 0.149 e. The fraction of sp³-hybridized carbons (Fsp3) is 0.500. The number of rotatable bonds is 6. The minimum absolute atomic E-state index is 0.430. The zero-order chi connectivity index (χ0) is 13.8. The van der Waals surface area contributed by atoms with Gasteiger partial charge in [0.15, 0.2) is 0 Å². The number of methoxy groups -OCH3 is 1. The number of ether oxygens (including phenoxy) is 1. The molecule has 2 aromatic heterocycles. The maximum atomic E-state index is 5.95. The first-order valence-electron chi connectivity index (χ1n) is 6.02. The Morgan fingerprint density at radius 1 is 1.53 bits per heavy atom. The lowest BCUT2D eigenvalue weighted by Gasteiger charge is -2.11. The summed E-state index contributed by atoms with van der Waals surface area (Å²) in [6.45, 7) is 5.66. The molecule has 0 bridgehead atoms. The molecule has 3 N–H and O–H groups in total. The number of hydrogen-bond donors (Lipinski definition) is 2. The van der Waals surface area contributed by atoms with E-state index in [0.29, 0.717) is 11.7 Å². The molecule has 2 rings (SSSR count). The Balaban J connectivity index is 2.14. The van der Waals surface area contributed by atoms with Crippen molar-refractivity contribution in [3.8, 4) is 10.6 Å². The van der Waals surface area contributed by atoms with Gasteiger partial charge in [-0.05, 0) is 24.4 Å². The molecule has 0 fully saturated rings. The topological polar surface area (TPSA) is 73.1 Å². The number of aryl methyl sites for hydroxylation is 1. The van der Waals surface area contributed by atoms with Crippen molar-refractivity contribution < 1.29 is 4.74 Å². The zero-order valence-electron chi connectivity index (χ0n) is 11.3. The molecule has 0 aliphatic carbocycles. The number of hydrogen-bond acceptors (Lipinski definition) is 7. The van der Waals surface area contributed by atoms with E-state index in [1.165, 1.54) is 11.5 Å². The third-order valence-electron chi connectivity index (χ3n) is 2.61. The van der Waals surface area contributed by atoms with Gasteiger partial charge < -0.3 is 15.8 Å². The summed E-state index contributed by atoms with van der Waals surface area (Å²) in [5, 5.41) is 7.31. The van der Waals surface area contributed by atoms with Gasteiger partial charge in [-0.2, -0.15) is 4.37 Å². The summed E-state index contributed by atoms with van der Waals surface area (Å²) in [5.74, 6) is 0.973. The molecule has 2 heterocycles. The van der Waals surface area contributed by atoms with Crippen LogP contribution in [0.5, 0.6) is 0 Å². The Bertz CT molecular complexity index is 538. The second kappa shape index (κ2) is 6.31. The van der Waals surface area contributed by atoms with Crippen molar-refractivity contribution in [2.24, 2.45) is 5.92 Å². The summed E-state index contributed by atoms with van der Waals surface area (Å²) in [7, 11) is 1.71. The average molecular weight is 298 g/mol. The molecule has 104 valence electrons. The van der Waals surface area contributed by atoms with Crippen molar-refractivity contribution in [1.82, 2.24) is 9.36 Å². The Morgan fingerprint density at radius 2 is 2.32 bits per heavy atom. The van der Waals surface area contributed by atoms with Gasteiger partial charge in [-0.3, -0.25) is 0 Å². The van der Waals surface area contributed by atoms with E-state index in [9.17, 15) is 0 Å². The molecule has 2 aromatic rings. The molecule has 0 radical (unpaired) electrons. The quantitative estimate of drug-likeness (QED) is 0.858. The predicted molar refractivity (Wildman–Crippen MR) is 81.9 cm³/mol. The summed E-state index contributed by atoms with van der Waals surface area (Å²) < 4.78 is 9.35. The van der Waals surface area contributed by atoms with Gasteiger partial charge >= 0.3 is 0 Å². The van der Waals surface area contributed by atoms with Crippen molar-refractivity contribution in [2.75, 3.05) is 31.3 Å². The third-order valence-corrected chi connectivity index (χ3v) is 4.41. The van der Waals surface area contributed by atoms with E-state index in [1.807, 2.05) is 12.3 Å². The second-order valence-corrected chi connectivity index (χ2v) is 6.14. The average Bonchev–Trinajstić information content (AvgIpc) is 2.93. The van der Waals surface area contributed by atoms with Crippen LogP contribution in [0.15, 0.2) is 5.38 Å². The van der Waals surface area contributed by atoms with Gasteiger partial charge in [0.25, 0.3) is 0 Å². The van der Waals surface area contributed by atoms with Crippen LogP contribution >= 0.6 is 22.9 Å². The minimum atomic E-state index is 0.430. The van der Waals surface area contributed by atoms with Crippen LogP contribution in [0, 0.1) is 12.8 Å². The molecule has 19 heavy (non-hydrogen) atoms. The first kappa shape index (κ1) is 14.2. The highest BCUT2D eigenvalue weighted by Crippen LogP contribution is 2.38. The Kier molecular flexibility index (Phi) is 4.73. The Labute approximate surface area is 121 Å². The largest absolute Gasteiger partial charge is 0.384 e. The van der Waals surface area contributed by atoms with Gasteiger partial charge in [-0.15, -0.1) is 11.3 Å². The van der Waals surface area contributed by atoms with E-state index in [1.54, 1.807) is 18.4 Å². The van der Waals surface area contributed by atoms with Crippen molar-refractivity contribution in [3.63, 3.8) is 0 Å². The van der Waals surface area contributed by atoms with Crippen molar-refractivity contribution in [3.05, 3.63) is 11.1 Å². The predicted octanol–water partition coefficient (Wildman–Crippen LogP) is 2.85. The number of aromatic nitrogens is 2. The molecule has 5 nitrogen and oxygen atoms in total. The molecule has 0 aromatic carbocycles. The second-order valence-electron chi connectivity index (χ2n) is 4.51. The fourth-order valence-electron chi connectivity index (χ4n) is 1.71. The van der Waals surface area contributed by atoms with Gasteiger partial charge in [-0.25, -0.2) is 4.98 Å². The van der Waals surface area contributed by atoms with Crippen molar-refractivity contribution in [1.29, 1.82) is 0 Å². The fourth-order valence-corrected chi connectivity index (χ4v) is 3.35. The first-order valence-corrected chi connectivity index (χ1v) is 7.67. The Morgan fingerprint density at radius 3 is 2.95 bits per heavy atom. The van der Waals surface area contributed by atoms with Crippen molar-refractivity contribution in [2.45, 2.75) is 13.8 Å². The number of nitrogens with two attached hydrogens (primary N) is 1. The molecule has 0 saturated carbocycles. The van der Waals surface area contributed by atoms with Crippen LogP contribution in [-0.2, 0) is 4.74 Å². The highest BCUT2D eigenvalue weighted by atomic mass is 32.1. The van der Waals surface area contributed by atoms with Gasteiger partial charge in [0.2, 0.25) is 0 Å². The molecule has 0 spiro atoms. The van der Waals surface area contributed by atoms with Gasteiger partial charge in [0.05, 0.1) is 12.2 Å². The van der Waals surface area contributed by atoms with Crippen LogP contribution in [0.3, 0.4) is 0 Å². The number of nitrogen functional groups attached to an aromatic ring is 1. The lowest BCUT2D eigenvalue weighted by molar-refractivity contribution is 0.164. The minimum Gasteiger partial charge on any atom is -0.384 e. The first-order chi connectivity index (χ1) is 9.11. The summed E-state index contributed by atoms with van der Waals surface area (Å²) in [4.78, 5) is 4.48. The molecule has 0 aliphatic heterocycles. The normalized spacial score (nSPS) is 12.6. The van der Waals surface area contributed by atoms with E-state index >= 15 is 0 Å². The summed E-state index contributed by atoms with van der Waals surface area (Å²) in [6, 6.07) is 0. The molecule has 7 heteroatoms. The molecular formula is C12H18N4OS2. The monoisotopic (exact) mass is 298 g/mol. The van der Waals surface area contributed by atoms with Crippen LogP contribution in [-0.4, -0.2) is 29.6 Å². The van der Waals surface area contributed by atoms with Crippen LogP contribution in [0.1, 0.15) is 12.6 Å². The lowest BCUT2D eigenvalue weighted by atomic mass is 10.2. The standard InChI is InChI=1S/C12H18N4OS2/c1-7(5-17-3)4-14-11-9(10(13)16-19-11)12-15-8(2)6-18-12/h6-7,14H,4-5H2,1-3H3,(H2,13,16). The van der Waals surface area contributed by atoms with Crippen LogP contribution in [0.2, 0.25) is 0 Å². The van der Waals surface area contributed by atoms with E-state index < -0.39 is 0 Å². The molecule has 0 amide bonds. The SMILES string of the molecule is COCC(C)CNc1snc(N)c1-c1nc(C)cs1. The summed E-state index contributed by atoms with van der Waals surface area (Å²) in [5.41, 5.74) is 7.88. The molecule has 0 aliphatic rings. The van der Waals surface area contributed by atoms with E-state index in [0.717, 1.165) is 34.4 Å². The molecule has 0 saturated heterocycles. The van der Waals surface area contributed by atoms with E-state index in [4.69, 9.17) is 10.5 Å². The third kappa shape index (κ3) is 3.43. The molecule has 1 unspecified atom stereocenters. The number of anilines is 2. The van der Waals surface area contributed by atoms with Crippen LogP contribution in [0.25, 0.3) is 10.6 Å². The number of thiazole rings is 1. The summed E-state index contributed by atoms with van der Waals surface area (Å²) in [6.07, 6.45) is 0. The van der Waals surface area contributed by atoms with E-state index in [-0.39, 0.29) is 0 Å². The highest BCUT2D eigenvalue weighted by molar-refractivity contribution is 7.15. The van der Waals surface area contributed by atoms with Gasteiger partial charge in [0.1, 0.15) is 15.8 Å². The maximum absolute atomic E-state index is 5.95. The highest BCUT2D eigenvalue weighted by Gasteiger charge is 2.17. The van der Waals surface area contributed by atoms with Crippen molar-refractivity contribution >= 4 is 33.7 Å². The van der Waals surface area contributed by atoms with E-state index in [2.05, 4.69) is 21.6 Å². The Hall–Kier alpha value is -1.18. The van der Waals surface area contributed by atoms with Crippen LogP contribution in [0.4, 0.5) is 10.8 Å². The van der Waals surface area contributed by atoms with Gasteiger partial charge in [-0.1, -0.05) is 6.92 Å². The lowest BCUT2D eigenvalue weighted by Crippen LogP contribution is -2.15.